The fourth-order valence-electron chi connectivity index (χ4n) is 6.77. The molecule has 1 saturated heterocycles. The molecule has 1 heterocycles. The molecule has 2 aromatic rings. The van der Waals surface area contributed by atoms with Crippen LogP contribution in [0.2, 0.25) is 0 Å². The summed E-state index contributed by atoms with van der Waals surface area (Å²) in [7, 11) is 3.82. The van der Waals surface area contributed by atoms with Crippen molar-refractivity contribution >= 4 is 23.7 Å². The summed E-state index contributed by atoms with van der Waals surface area (Å²) in [6.45, 7) is 10.8. The van der Waals surface area contributed by atoms with E-state index in [1.54, 1.807) is 13.0 Å². The van der Waals surface area contributed by atoms with E-state index in [4.69, 9.17) is 0 Å². The van der Waals surface area contributed by atoms with E-state index in [2.05, 4.69) is 29.4 Å². The number of amides is 3. The Balaban J connectivity index is 1.70. The second kappa shape index (κ2) is 18.7. The zero-order valence-electron chi connectivity index (χ0n) is 30.1. The normalized spacial score (nSPS) is 18.3. The number of carbonyl (C=O) groups excluding carboxylic acids is 3. The molecule has 3 rings (SSSR count). The summed E-state index contributed by atoms with van der Waals surface area (Å²) in [6.07, 6.45) is 5.90. The average molecular weight is 663 g/mol. The predicted octanol–water partition coefficient (Wildman–Crippen LogP) is 5.57. The lowest BCUT2D eigenvalue weighted by atomic mass is 9.92. The van der Waals surface area contributed by atoms with Gasteiger partial charge in [-0.05, 0) is 87.2 Å². The van der Waals surface area contributed by atoms with Crippen LogP contribution >= 0.6 is 0 Å². The maximum atomic E-state index is 14.0. The Bertz CT molecular complexity index is 1350. The van der Waals surface area contributed by atoms with Gasteiger partial charge < -0.3 is 20.6 Å². The van der Waals surface area contributed by atoms with Gasteiger partial charge in [-0.25, -0.2) is 0 Å². The first-order chi connectivity index (χ1) is 22.8. The number of benzene rings is 2. The number of rotatable bonds is 17. The molecule has 3 N–H and O–H groups in total. The highest BCUT2D eigenvalue weighted by Gasteiger charge is 2.35. The van der Waals surface area contributed by atoms with Gasteiger partial charge in [0.1, 0.15) is 6.04 Å². The lowest BCUT2D eigenvalue weighted by molar-refractivity contribution is -0.141. The summed E-state index contributed by atoms with van der Waals surface area (Å²) in [6, 6.07) is 16.1. The first-order valence-corrected chi connectivity index (χ1v) is 17.8. The lowest BCUT2D eigenvalue weighted by Crippen LogP contribution is -2.57. The first-order valence-electron chi connectivity index (χ1n) is 17.8. The fourth-order valence-corrected chi connectivity index (χ4v) is 6.77. The van der Waals surface area contributed by atoms with Crippen molar-refractivity contribution in [2.24, 2.45) is 17.8 Å². The van der Waals surface area contributed by atoms with Crippen molar-refractivity contribution in [2.75, 3.05) is 20.6 Å². The standard InChI is InChI=1S/C39H58N4O5/c1-8-27(4)35(41-37(45)34-19-12-13-22-42(34)6)38(46)43(7)33(26(2)3)21-20-30-17-14-18-31(24-30)36(44)40-32(23-28(5)39(47)48)25-29-15-10-9-11-16-29/h9-11,14-18,24,26-28,32-35H,8,12-13,19-23,25H2,1-7H3,(H,40,44)(H,41,45)(H,47,48)/t27-,28-,32+,33+,34+,35-/m0/s1. The van der Waals surface area contributed by atoms with Gasteiger partial charge in [-0.3, -0.25) is 24.1 Å². The minimum Gasteiger partial charge on any atom is -0.481 e. The molecular formula is C39H58N4O5. The van der Waals surface area contributed by atoms with Crippen molar-refractivity contribution in [3.05, 3.63) is 71.3 Å². The highest BCUT2D eigenvalue weighted by Crippen LogP contribution is 2.22. The Kier molecular flexibility index (Phi) is 15.1. The molecule has 0 spiro atoms. The third kappa shape index (κ3) is 11.2. The van der Waals surface area contributed by atoms with E-state index in [-0.39, 0.29) is 47.7 Å². The van der Waals surface area contributed by atoms with Gasteiger partial charge in [0, 0.05) is 24.7 Å². The van der Waals surface area contributed by atoms with Crippen LogP contribution in [0.25, 0.3) is 0 Å². The van der Waals surface area contributed by atoms with Crippen molar-refractivity contribution in [1.29, 1.82) is 0 Å². The van der Waals surface area contributed by atoms with Crippen LogP contribution in [0.5, 0.6) is 0 Å². The van der Waals surface area contributed by atoms with Crippen molar-refractivity contribution < 1.29 is 24.3 Å². The zero-order valence-corrected chi connectivity index (χ0v) is 30.1. The molecule has 0 aliphatic carbocycles. The SMILES string of the molecule is CC[C@H](C)[C@H](NC(=O)[C@H]1CCCCN1C)C(=O)N(C)[C@H](CCc1cccc(C(=O)N[C@@H](Cc2ccccc2)C[C@H](C)C(=O)O)c1)C(C)C. The van der Waals surface area contributed by atoms with Crippen LogP contribution in [0.4, 0.5) is 0 Å². The Morgan fingerprint density at radius 3 is 2.27 bits per heavy atom. The van der Waals surface area contributed by atoms with Crippen LogP contribution in [0, 0.1) is 17.8 Å². The van der Waals surface area contributed by atoms with E-state index in [9.17, 15) is 24.3 Å². The molecule has 0 radical (unpaired) electrons. The Labute approximate surface area is 287 Å². The molecular weight excluding hydrogens is 604 g/mol. The second-order valence-electron chi connectivity index (χ2n) is 14.2. The topological polar surface area (TPSA) is 119 Å². The van der Waals surface area contributed by atoms with E-state index in [0.717, 1.165) is 43.4 Å². The summed E-state index contributed by atoms with van der Waals surface area (Å²) in [4.78, 5) is 56.3. The molecule has 9 nitrogen and oxygen atoms in total. The lowest BCUT2D eigenvalue weighted by Gasteiger charge is -2.37. The van der Waals surface area contributed by atoms with Crippen LogP contribution in [-0.2, 0) is 27.2 Å². The quantitative estimate of drug-likeness (QED) is 0.204. The van der Waals surface area contributed by atoms with Crippen LogP contribution in [-0.4, -0.2) is 83.4 Å². The smallest absolute Gasteiger partial charge is 0.306 e. The molecule has 0 saturated carbocycles. The molecule has 0 bridgehead atoms. The third-order valence-corrected chi connectivity index (χ3v) is 10.1. The highest BCUT2D eigenvalue weighted by molar-refractivity contribution is 5.94. The van der Waals surface area contributed by atoms with E-state index >= 15 is 0 Å². The molecule has 9 heteroatoms. The number of carbonyl (C=O) groups is 4. The number of piperidine rings is 1. The molecule has 0 aromatic heterocycles. The molecule has 3 amide bonds. The van der Waals surface area contributed by atoms with Gasteiger partial charge in [0.2, 0.25) is 11.8 Å². The third-order valence-electron chi connectivity index (χ3n) is 10.1. The highest BCUT2D eigenvalue weighted by atomic mass is 16.4. The Hall–Kier alpha value is -3.72. The Morgan fingerprint density at radius 2 is 1.65 bits per heavy atom. The van der Waals surface area contributed by atoms with Crippen molar-refractivity contribution in [3.63, 3.8) is 0 Å². The number of nitrogens with zero attached hydrogens (tertiary/aromatic N) is 2. The summed E-state index contributed by atoms with van der Waals surface area (Å²) in [5, 5.41) is 15.7. The minimum absolute atomic E-state index is 0.00925. The van der Waals surface area contributed by atoms with Gasteiger partial charge in [0.15, 0.2) is 0 Å². The molecule has 264 valence electrons. The van der Waals surface area contributed by atoms with Gasteiger partial charge in [-0.15, -0.1) is 0 Å². The first kappa shape index (κ1) is 38.7. The summed E-state index contributed by atoms with van der Waals surface area (Å²) >= 11 is 0. The summed E-state index contributed by atoms with van der Waals surface area (Å²) < 4.78 is 0. The number of likely N-dealkylation sites (tertiary alicyclic amines) is 1. The number of aryl methyl sites for hydroxylation is 1. The number of aliphatic carboxylic acids is 1. The maximum absolute atomic E-state index is 14.0. The van der Waals surface area contributed by atoms with Gasteiger partial charge >= 0.3 is 5.97 Å². The number of nitrogens with one attached hydrogen (secondary N) is 2. The number of carboxylic acids is 1. The average Bonchev–Trinajstić information content (AvgIpc) is 3.06. The monoisotopic (exact) mass is 662 g/mol. The van der Waals surface area contributed by atoms with Crippen LogP contribution < -0.4 is 10.6 Å². The maximum Gasteiger partial charge on any atom is 0.306 e. The predicted molar refractivity (Wildman–Crippen MR) is 191 cm³/mol. The van der Waals surface area contributed by atoms with Crippen LogP contribution in [0.1, 0.15) is 94.6 Å². The minimum atomic E-state index is -0.887. The van der Waals surface area contributed by atoms with Gasteiger partial charge in [-0.1, -0.05) is 89.9 Å². The van der Waals surface area contributed by atoms with Crippen LogP contribution in [0.3, 0.4) is 0 Å². The van der Waals surface area contributed by atoms with E-state index in [0.29, 0.717) is 31.2 Å². The number of hydrogen-bond donors (Lipinski definition) is 3. The number of hydrogen-bond acceptors (Lipinski definition) is 5. The van der Waals surface area contributed by atoms with Crippen molar-refractivity contribution in [2.45, 2.75) is 110 Å². The number of carboxylic acid groups (broad SMARTS) is 1. The fraction of sp³-hybridized carbons (Fsp3) is 0.590. The van der Waals surface area contributed by atoms with E-state index in [1.807, 2.05) is 81.4 Å². The largest absolute Gasteiger partial charge is 0.481 e. The zero-order chi connectivity index (χ0) is 35.4. The molecule has 0 unspecified atom stereocenters. The summed E-state index contributed by atoms with van der Waals surface area (Å²) in [5.41, 5.74) is 2.54. The second-order valence-corrected chi connectivity index (χ2v) is 14.2. The van der Waals surface area contributed by atoms with Gasteiger partial charge in [0.25, 0.3) is 5.91 Å². The number of likely N-dealkylation sites (N-methyl/N-ethyl adjacent to an activating group) is 2. The van der Waals surface area contributed by atoms with Crippen molar-refractivity contribution in [1.82, 2.24) is 20.4 Å². The summed E-state index contributed by atoms with van der Waals surface area (Å²) in [5.74, 6) is -1.68. The molecule has 48 heavy (non-hydrogen) atoms. The molecule has 1 aliphatic rings. The molecule has 6 atom stereocenters. The van der Waals surface area contributed by atoms with Crippen molar-refractivity contribution in [3.8, 4) is 0 Å². The van der Waals surface area contributed by atoms with Gasteiger partial charge in [-0.2, -0.15) is 0 Å². The van der Waals surface area contributed by atoms with E-state index in [1.165, 1.54) is 0 Å². The molecule has 1 aliphatic heterocycles. The van der Waals surface area contributed by atoms with Crippen LogP contribution in [0.15, 0.2) is 54.6 Å². The Morgan fingerprint density at radius 1 is 0.958 bits per heavy atom. The molecule has 2 aromatic carbocycles. The van der Waals surface area contributed by atoms with Gasteiger partial charge in [0.05, 0.1) is 12.0 Å². The van der Waals surface area contributed by atoms with E-state index < -0.39 is 17.9 Å². The molecule has 1 fully saturated rings.